The van der Waals surface area contributed by atoms with Crippen molar-refractivity contribution in [1.29, 1.82) is 0 Å². The lowest BCUT2D eigenvalue weighted by molar-refractivity contribution is 0.190. The van der Waals surface area contributed by atoms with E-state index in [2.05, 4.69) is 27.1 Å². The van der Waals surface area contributed by atoms with Gasteiger partial charge < -0.3 is 15.8 Å². The Bertz CT molecular complexity index is 1190. The van der Waals surface area contributed by atoms with Gasteiger partial charge in [0, 0.05) is 67.1 Å². The van der Waals surface area contributed by atoms with Crippen molar-refractivity contribution in [3.8, 4) is 11.8 Å². The molecule has 4 rings (SSSR count). The van der Waals surface area contributed by atoms with E-state index >= 15 is 0 Å². The third kappa shape index (κ3) is 5.10. The molecule has 4 heterocycles. The van der Waals surface area contributed by atoms with E-state index in [9.17, 15) is 4.79 Å². The molecule has 3 N–H and O–H groups in total. The molecule has 0 aromatic carbocycles. The quantitative estimate of drug-likeness (QED) is 0.588. The van der Waals surface area contributed by atoms with E-state index in [4.69, 9.17) is 15.5 Å². The number of hydrogen-bond donors (Lipinski definition) is 2. The van der Waals surface area contributed by atoms with Crippen molar-refractivity contribution in [2.45, 2.75) is 25.3 Å². The van der Waals surface area contributed by atoms with Crippen molar-refractivity contribution < 1.29 is 9.53 Å². The van der Waals surface area contributed by atoms with Crippen molar-refractivity contribution in [2.75, 3.05) is 30.5 Å². The molecule has 2 amide bonds. The summed E-state index contributed by atoms with van der Waals surface area (Å²) in [6, 6.07) is 9.18. The Kier molecular flexibility index (Phi) is 6.81. The maximum Gasteiger partial charge on any atom is 0.320 e. The number of carbonyl (C=O) groups is 1. The molecule has 3 aromatic heterocycles. The second-order valence-corrected chi connectivity index (χ2v) is 7.90. The van der Waals surface area contributed by atoms with Crippen molar-refractivity contribution >= 4 is 17.5 Å². The van der Waals surface area contributed by atoms with E-state index < -0.39 is 6.03 Å². The van der Waals surface area contributed by atoms with Gasteiger partial charge in [-0.25, -0.2) is 9.78 Å². The van der Waals surface area contributed by atoms with E-state index in [0.29, 0.717) is 25.4 Å². The molecule has 1 aliphatic rings. The van der Waals surface area contributed by atoms with Crippen molar-refractivity contribution in [2.24, 2.45) is 5.73 Å². The highest BCUT2D eigenvalue weighted by Gasteiger charge is 2.32. The average Bonchev–Trinajstić information content (AvgIpc) is 2.83. The number of pyridine rings is 3. The van der Waals surface area contributed by atoms with Crippen LogP contribution in [0.4, 0.5) is 16.3 Å². The fourth-order valence-electron chi connectivity index (χ4n) is 4.00. The lowest BCUT2D eigenvalue weighted by Gasteiger charge is -2.33. The second-order valence-electron chi connectivity index (χ2n) is 7.90. The molecule has 3 aromatic rings. The fourth-order valence-corrected chi connectivity index (χ4v) is 4.00. The van der Waals surface area contributed by atoms with Crippen LogP contribution in [0.3, 0.4) is 0 Å². The topological polar surface area (TPSA) is 106 Å². The number of fused-ring (bicyclic) bond motifs is 1. The zero-order valence-corrected chi connectivity index (χ0v) is 18.7. The van der Waals surface area contributed by atoms with Gasteiger partial charge in [-0.2, -0.15) is 0 Å². The SMILES string of the molecule is COCC(C)Nc1cc(C#Cc2cccnc2)cnc1C1CCN(C(N)=O)c2ncccc21. The third-order valence-corrected chi connectivity index (χ3v) is 5.44. The fraction of sp³-hybridized carbons (Fsp3) is 0.280. The van der Waals surface area contributed by atoms with E-state index in [1.54, 1.807) is 31.9 Å². The molecule has 0 saturated carbocycles. The molecule has 0 bridgehead atoms. The number of urea groups is 1. The number of nitrogens with one attached hydrogen (secondary N) is 1. The Hall–Kier alpha value is -3.96. The molecule has 168 valence electrons. The Labute approximate surface area is 193 Å². The highest BCUT2D eigenvalue weighted by Crippen LogP contribution is 2.40. The molecule has 1 aliphatic heterocycles. The minimum absolute atomic E-state index is 0.0399. The van der Waals surface area contributed by atoms with Crippen LogP contribution in [0.25, 0.3) is 0 Å². The smallest absolute Gasteiger partial charge is 0.320 e. The van der Waals surface area contributed by atoms with Crippen LogP contribution < -0.4 is 16.0 Å². The number of amides is 2. The lowest BCUT2D eigenvalue weighted by Crippen LogP contribution is -2.41. The van der Waals surface area contributed by atoms with Crippen molar-refractivity contribution in [1.82, 2.24) is 15.0 Å². The zero-order chi connectivity index (χ0) is 23.2. The number of hydrogen-bond acceptors (Lipinski definition) is 6. The van der Waals surface area contributed by atoms with Crippen LogP contribution in [0.15, 0.2) is 55.1 Å². The Morgan fingerprint density at radius 1 is 1.24 bits per heavy atom. The van der Waals surface area contributed by atoms with Crippen LogP contribution in [0.2, 0.25) is 0 Å². The van der Waals surface area contributed by atoms with Crippen LogP contribution in [0, 0.1) is 11.8 Å². The van der Waals surface area contributed by atoms with Crippen molar-refractivity contribution in [3.05, 3.63) is 77.5 Å². The minimum atomic E-state index is -0.505. The van der Waals surface area contributed by atoms with E-state index in [1.807, 2.05) is 37.3 Å². The third-order valence-electron chi connectivity index (χ3n) is 5.44. The number of ether oxygens (including phenoxy) is 1. The summed E-state index contributed by atoms with van der Waals surface area (Å²) < 4.78 is 5.31. The molecule has 0 fully saturated rings. The van der Waals surface area contributed by atoms with Gasteiger partial charge in [-0.1, -0.05) is 17.9 Å². The lowest BCUT2D eigenvalue weighted by atomic mass is 9.88. The highest BCUT2D eigenvalue weighted by atomic mass is 16.5. The number of nitrogens with two attached hydrogens (primary N) is 1. The first-order chi connectivity index (χ1) is 16.1. The van der Waals surface area contributed by atoms with Crippen LogP contribution >= 0.6 is 0 Å². The number of methoxy groups -OCH3 is 1. The average molecular weight is 443 g/mol. The predicted molar refractivity (Wildman–Crippen MR) is 127 cm³/mol. The van der Waals surface area contributed by atoms with E-state index in [1.165, 1.54) is 4.90 Å². The summed E-state index contributed by atoms with van der Waals surface area (Å²) in [7, 11) is 1.68. The molecular formula is C25H26N6O2. The van der Waals surface area contributed by atoms with Gasteiger partial charge in [0.2, 0.25) is 0 Å². The summed E-state index contributed by atoms with van der Waals surface area (Å²) >= 11 is 0. The number of carbonyl (C=O) groups excluding carboxylic acids is 1. The van der Waals surface area contributed by atoms with Gasteiger partial charge in [0.15, 0.2) is 0 Å². The van der Waals surface area contributed by atoms with E-state index in [0.717, 1.165) is 28.1 Å². The summed E-state index contributed by atoms with van der Waals surface area (Å²) in [5.74, 6) is 6.84. The van der Waals surface area contributed by atoms with Crippen LogP contribution in [0.5, 0.6) is 0 Å². The number of aromatic nitrogens is 3. The standard InChI is InChI=1S/C25H26N6O2/c1-17(16-33-2)30-22-13-19(8-7-18-5-3-10-27-14-18)15-29-23(22)20-9-12-31(25(26)32)24-21(20)6-4-11-28-24/h3-6,10-11,13-15,17,20,30H,9,12,16H2,1-2H3,(H2,26,32). The first kappa shape index (κ1) is 22.2. The molecule has 2 unspecified atom stereocenters. The number of anilines is 2. The molecule has 0 aliphatic carbocycles. The normalized spacial score (nSPS) is 15.7. The highest BCUT2D eigenvalue weighted by molar-refractivity contribution is 5.91. The predicted octanol–water partition coefficient (Wildman–Crippen LogP) is 3.14. The van der Waals surface area contributed by atoms with Crippen LogP contribution in [0.1, 0.15) is 41.6 Å². The van der Waals surface area contributed by atoms with Gasteiger partial charge in [0.1, 0.15) is 5.82 Å². The van der Waals surface area contributed by atoms with Gasteiger partial charge in [0.25, 0.3) is 0 Å². The van der Waals surface area contributed by atoms with Crippen LogP contribution in [-0.2, 0) is 4.74 Å². The summed E-state index contributed by atoms with van der Waals surface area (Å²) in [4.78, 5) is 26.8. The second kappa shape index (κ2) is 10.1. The number of primary amides is 1. The Balaban J connectivity index is 1.73. The maximum absolute atomic E-state index is 11.9. The first-order valence-electron chi connectivity index (χ1n) is 10.8. The molecule has 8 nitrogen and oxygen atoms in total. The van der Waals surface area contributed by atoms with E-state index in [-0.39, 0.29) is 12.0 Å². The van der Waals surface area contributed by atoms with Gasteiger partial charge >= 0.3 is 6.03 Å². The number of rotatable bonds is 5. The summed E-state index contributed by atoms with van der Waals surface area (Å²) in [6.07, 6.45) is 7.58. The Morgan fingerprint density at radius 2 is 2.06 bits per heavy atom. The molecule has 33 heavy (non-hydrogen) atoms. The number of nitrogens with zero attached hydrogens (tertiary/aromatic N) is 4. The van der Waals surface area contributed by atoms with Crippen LogP contribution in [-0.4, -0.2) is 47.3 Å². The molecule has 8 heteroatoms. The molecule has 0 spiro atoms. The summed E-state index contributed by atoms with van der Waals surface area (Å²) in [6.45, 7) is 3.07. The van der Waals surface area contributed by atoms with Crippen molar-refractivity contribution in [3.63, 3.8) is 0 Å². The zero-order valence-electron chi connectivity index (χ0n) is 18.7. The van der Waals surface area contributed by atoms with Gasteiger partial charge in [0.05, 0.1) is 18.0 Å². The maximum atomic E-state index is 11.9. The largest absolute Gasteiger partial charge is 0.383 e. The molecule has 0 radical (unpaired) electrons. The van der Waals surface area contributed by atoms with Gasteiger partial charge in [-0.05, 0) is 37.6 Å². The monoisotopic (exact) mass is 442 g/mol. The molecular weight excluding hydrogens is 416 g/mol. The van der Waals surface area contributed by atoms with Gasteiger partial charge in [-0.15, -0.1) is 0 Å². The minimum Gasteiger partial charge on any atom is -0.383 e. The summed E-state index contributed by atoms with van der Waals surface area (Å²) in [5, 5.41) is 3.52. The summed E-state index contributed by atoms with van der Waals surface area (Å²) in [5.41, 5.74) is 9.89. The molecule has 0 saturated heterocycles. The van der Waals surface area contributed by atoms with Gasteiger partial charge in [-0.3, -0.25) is 14.9 Å². The first-order valence-corrected chi connectivity index (χ1v) is 10.8. The molecule has 2 atom stereocenters. The Morgan fingerprint density at radius 3 is 2.82 bits per heavy atom.